The minimum absolute atomic E-state index is 0.0422. The zero-order valence-electron chi connectivity index (χ0n) is 20.6. The van der Waals surface area contributed by atoms with E-state index < -0.39 is 17.2 Å². The van der Waals surface area contributed by atoms with Gasteiger partial charge in [-0.05, 0) is 39.2 Å². The summed E-state index contributed by atoms with van der Waals surface area (Å²) in [7, 11) is 1.72. The Kier molecular flexibility index (Phi) is 6.40. The van der Waals surface area contributed by atoms with Crippen LogP contribution in [-0.4, -0.2) is 77.5 Å². The summed E-state index contributed by atoms with van der Waals surface area (Å²) in [6.07, 6.45) is 2.44. The number of β-amino-alcohol motifs (C(OH)–C–C–N with tert-alkyl or cyclic N) is 1. The van der Waals surface area contributed by atoms with Gasteiger partial charge in [-0.3, -0.25) is 4.79 Å². The van der Waals surface area contributed by atoms with Crippen molar-refractivity contribution < 1.29 is 18.7 Å². The van der Waals surface area contributed by atoms with Gasteiger partial charge in [0.2, 0.25) is 16.1 Å². The molecule has 5 rings (SSSR count). The maximum atomic E-state index is 14.2. The first-order valence-corrected chi connectivity index (χ1v) is 12.7. The third kappa shape index (κ3) is 4.90. The van der Waals surface area contributed by atoms with Crippen molar-refractivity contribution in [2.75, 3.05) is 30.8 Å². The van der Waals surface area contributed by atoms with Crippen molar-refractivity contribution in [1.82, 2.24) is 34.7 Å². The average molecular weight is 532 g/mol. The number of amides is 1. The molecular weight excluding hydrogens is 504 g/mol. The van der Waals surface area contributed by atoms with E-state index in [0.717, 1.165) is 12.1 Å². The molecule has 3 aromatic heterocycles. The summed E-state index contributed by atoms with van der Waals surface area (Å²) in [6, 6.07) is 1.81. The van der Waals surface area contributed by atoms with Gasteiger partial charge in [0.05, 0.1) is 11.0 Å². The smallest absolute Gasteiger partial charge is 0.284 e. The van der Waals surface area contributed by atoms with Crippen LogP contribution in [0.1, 0.15) is 48.7 Å². The lowest BCUT2D eigenvalue weighted by molar-refractivity contribution is 0.0734. The van der Waals surface area contributed by atoms with Gasteiger partial charge in [-0.15, -0.1) is 15.3 Å². The third-order valence-electron chi connectivity index (χ3n) is 6.69. The lowest BCUT2D eigenvalue weighted by Crippen LogP contribution is -2.35. The van der Waals surface area contributed by atoms with Crippen LogP contribution in [0, 0.1) is 11.6 Å². The number of nitrogens with zero attached hydrogens (tertiary/aromatic N) is 8. The second-order valence-electron chi connectivity index (χ2n) is 9.73. The van der Waals surface area contributed by atoms with Crippen LogP contribution < -0.4 is 10.6 Å². The molecule has 0 bridgehead atoms. The van der Waals surface area contributed by atoms with Crippen LogP contribution in [-0.2, 0) is 6.42 Å². The Bertz CT molecular complexity index is 1490. The fraction of sp³-hybridized carbons (Fsp3) is 0.478. The summed E-state index contributed by atoms with van der Waals surface area (Å²) in [5.74, 6) is -1.35. The zero-order chi connectivity index (χ0) is 26.5. The topological polar surface area (TPSA) is 139 Å². The first-order valence-electron chi connectivity index (χ1n) is 11.9. The van der Waals surface area contributed by atoms with E-state index in [1.165, 1.54) is 15.9 Å². The lowest BCUT2D eigenvalue weighted by atomic mass is 10.1. The molecule has 0 spiro atoms. The number of nitrogens with two attached hydrogens (primary N) is 1. The van der Waals surface area contributed by atoms with E-state index in [1.54, 1.807) is 18.9 Å². The SMILES string of the molecule is C[C@@H](CCCc1nc2c3cc(F)cc(F)c3nc(N)n2n1)N(C)C(=O)c1nnc(N2CCC(C)(O)C2)s1. The number of fused-ring (bicyclic) bond motifs is 3. The molecule has 1 saturated heterocycles. The van der Waals surface area contributed by atoms with Gasteiger partial charge >= 0.3 is 0 Å². The van der Waals surface area contributed by atoms with Gasteiger partial charge < -0.3 is 20.6 Å². The molecule has 11 nitrogen and oxygen atoms in total. The van der Waals surface area contributed by atoms with Crippen molar-refractivity contribution in [2.24, 2.45) is 0 Å². The number of carbonyl (C=O) groups is 1. The van der Waals surface area contributed by atoms with Crippen molar-refractivity contribution in [3.63, 3.8) is 0 Å². The van der Waals surface area contributed by atoms with E-state index >= 15 is 0 Å². The quantitative estimate of drug-likeness (QED) is 0.368. The average Bonchev–Trinajstić information content (AvgIpc) is 3.57. The van der Waals surface area contributed by atoms with Crippen LogP contribution in [0.5, 0.6) is 0 Å². The van der Waals surface area contributed by atoms with Gasteiger partial charge in [0.25, 0.3) is 5.91 Å². The molecular formula is C23H27F2N9O2S. The highest BCUT2D eigenvalue weighted by Gasteiger charge is 2.33. The molecule has 196 valence electrons. The van der Waals surface area contributed by atoms with Crippen LogP contribution in [0.4, 0.5) is 19.9 Å². The lowest BCUT2D eigenvalue weighted by Gasteiger charge is -2.23. The van der Waals surface area contributed by atoms with E-state index in [2.05, 4.69) is 25.3 Å². The van der Waals surface area contributed by atoms with Gasteiger partial charge in [-0.1, -0.05) is 11.3 Å². The van der Waals surface area contributed by atoms with Crippen molar-refractivity contribution in [3.8, 4) is 0 Å². The summed E-state index contributed by atoms with van der Waals surface area (Å²) in [6.45, 7) is 4.85. The number of nitrogen functional groups attached to an aromatic ring is 1. The number of aryl methyl sites for hydroxylation is 1. The number of carbonyl (C=O) groups excluding carboxylic acids is 1. The zero-order valence-corrected chi connectivity index (χ0v) is 21.5. The van der Waals surface area contributed by atoms with E-state index in [4.69, 9.17) is 5.73 Å². The fourth-order valence-corrected chi connectivity index (χ4v) is 5.30. The molecule has 1 aliphatic heterocycles. The highest BCUT2D eigenvalue weighted by molar-refractivity contribution is 7.17. The predicted octanol–water partition coefficient (Wildman–Crippen LogP) is 2.43. The number of aliphatic hydroxyl groups is 1. The van der Waals surface area contributed by atoms with E-state index in [-0.39, 0.29) is 34.4 Å². The summed E-state index contributed by atoms with van der Waals surface area (Å²) in [4.78, 5) is 25.0. The van der Waals surface area contributed by atoms with Crippen LogP contribution in [0.2, 0.25) is 0 Å². The minimum Gasteiger partial charge on any atom is -0.388 e. The first kappa shape index (κ1) is 25.1. The van der Waals surface area contributed by atoms with Gasteiger partial charge in [0.1, 0.15) is 11.3 Å². The third-order valence-corrected chi connectivity index (χ3v) is 7.66. The van der Waals surface area contributed by atoms with E-state index in [1.807, 2.05) is 11.8 Å². The summed E-state index contributed by atoms with van der Waals surface area (Å²) >= 11 is 1.22. The fourth-order valence-electron chi connectivity index (χ4n) is 4.45. The van der Waals surface area contributed by atoms with Crippen LogP contribution in [0.3, 0.4) is 0 Å². The molecule has 4 aromatic rings. The Labute approximate surface area is 214 Å². The molecule has 2 atom stereocenters. The van der Waals surface area contributed by atoms with Gasteiger partial charge in [0.15, 0.2) is 17.3 Å². The molecule has 14 heteroatoms. The Morgan fingerprint density at radius 3 is 2.84 bits per heavy atom. The largest absolute Gasteiger partial charge is 0.388 e. The second kappa shape index (κ2) is 9.41. The van der Waals surface area contributed by atoms with Crippen molar-refractivity contribution in [2.45, 2.75) is 51.2 Å². The monoisotopic (exact) mass is 531 g/mol. The number of anilines is 2. The molecule has 37 heavy (non-hydrogen) atoms. The molecule has 1 amide bonds. The molecule has 0 saturated carbocycles. The molecule has 0 aliphatic carbocycles. The summed E-state index contributed by atoms with van der Waals surface area (Å²) < 4.78 is 29.2. The normalized spacial score (nSPS) is 18.7. The highest BCUT2D eigenvalue weighted by atomic mass is 32.1. The van der Waals surface area contributed by atoms with Crippen LogP contribution in [0.15, 0.2) is 12.1 Å². The van der Waals surface area contributed by atoms with Crippen LogP contribution >= 0.6 is 11.3 Å². The van der Waals surface area contributed by atoms with Gasteiger partial charge in [-0.25, -0.2) is 18.7 Å². The van der Waals surface area contributed by atoms with Gasteiger partial charge in [-0.2, -0.15) is 4.52 Å². The second-order valence-corrected chi connectivity index (χ2v) is 10.7. The predicted molar refractivity (Wildman–Crippen MR) is 134 cm³/mol. The number of halogens is 2. The molecule has 4 heterocycles. The number of aromatic nitrogens is 6. The Hall–Kier alpha value is -3.52. The molecule has 1 unspecified atom stereocenters. The van der Waals surface area contributed by atoms with Crippen molar-refractivity contribution >= 4 is 44.9 Å². The number of rotatable bonds is 7. The highest BCUT2D eigenvalue weighted by Crippen LogP contribution is 2.29. The maximum absolute atomic E-state index is 14.2. The maximum Gasteiger partial charge on any atom is 0.284 e. The molecule has 1 fully saturated rings. The Morgan fingerprint density at radius 1 is 1.32 bits per heavy atom. The summed E-state index contributed by atoms with van der Waals surface area (Å²) in [5.41, 5.74) is 5.33. The number of hydrogen-bond acceptors (Lipinski definition) is 10. The Balaban J connectivity index is 1.22. The van der Waals surface area contributed by atoms with Crippen molar-refractivity contribution in [3.05, 3.63) is 34.6 Å². The van der Waals surface area contributed by atoms with Gasteiger partial charge in [0, 0.05) is 38.7 Å². The number of benzene rings is 1. The van der Waals surface area contributed by atoms with E-state index in [0.29, 0.717) is 54.7 Å². The van der Waals surface area contributed by atoms with E-state index in [9.17, 15) is 18.7 Å². The molecule has 1 aliphatic rings. The molecule has 3 N–H and O–H groups in total. The summed E-state index contributed by atoms with van der Waals surface area (Å²) in [5, 5.41) is 23.9. The number of hydrogen-bond donors (Lipinski definition) is 2. The standard InChI is InChI=1S/C23H27F2N9O2S/c1-12(32(3)20(35)19-29-30-22(37-19)33-8-7-23(2,36)11-33)5-4-6-16-27-18-14-9-13(24)10-15(25)17(14)28-21(26)34(18)31-16/h9-10,12,36H,4-8,11H2,1-3H3,(H2,26,28)/t12-,23?/m0/s1. The Morgan fingerprint density at radius 2 is 2.11 bits per heavy atom. The van der Waals surface area contributed by atoms with Crippen LogP contribution in [0.25, 0.3) is 16.6 Å². The molecule has 0 radical (unpaired) electrons. The first-order chi connectivity index (χ1) is 17.5. The van der Waals surface area contributed by atoms with Crippen molar-refractivity contribution in [1.29, 1.82) is 0 Å². The molecule has 1 aromatic carbocycles. The minimum atomic E-state index is -0.815.